The van der Waals surface area contributed by atoms with Gasteiger partial charge in [-0.15, -0.1) is 0 Å². The first kappa shape index (κ1) is 13.8. The van der Waals surface area contributed by atoms with Crippen molar-refractivity contribution in [2.75, 3.05) is 18.9 Å². The summed E-state index contributed by atoms with van der Waals surface area (Å²) >= 11 is 0. The minimum absolute atomic E-state index is 0.00896. The number of rotatable bonds is 6. The van der Waals surface area contributed by atoms with Gasteiger partial charge in [0, 0.05) is 25.4 Å². The van der Waals surface area contributed by atoms with Gasteiger partial charge in [0.1, 0.15) is 5.82 Å². The first-order valence-electron chi connectivity index (χ1n) is 7.21. The predicted molar refractivity (Wildman–Crippen MR) is 77.3 cm³/mol. The molecule has 0 aliphatic heterocycles. The first-order valence-corrected chi connectivity index (χ1v) is 7.21. The largest absolute Gasteiger partial charge is 0.373 e. The molecule has 1 amide bonds. The number of hydrogen-bond donors (Lipinski definition) is 2. The van der Waals surface area contributed by atoms with Crippen LogP contribution >= 0.6 is 0 Å². The molecule has 1 saturated carbocycles. The molecule has 1 heterocycles. The Morgan fingerprint density at radius 1 is 1.42 bits per heavy atom. The highest BCUT2D eigenvalue weighted by atomic mass is 16.1. The summed E-state index contributed by atoms with van der Waals surface area (Å²) in [4.78, 5) is 16.0. The molecule has 19 heavy (non-hydrogen) atoms. The van der Waals surface area contributed by atoms with Crippen molar-refractivity contribution in [1.29, 1.82) is 0 Å². The second-order valence-electron chi connectivity index (χ2n) is 5.23. The lowest BCUT2D eigenvalue weighted by atomic mass is 10.0. The average Bonchev–Trinajstić information content (AvgIpc) is 2.96. The number of carbonyl (C=O) groups is 1. The summed E-state index contributed by atoms with van der Waals surface area (Å²) < 4.78 is 0. The van der Waals surface area contributed by atoms with Crippen molar-refractivity contribution < 1.29 is 4.79 Å². The molecule has 1 fully saturated rings. The highest BCUT2D eigenvalue weighted by Gasteiger charge is 2.14. The summed E-state index contributed by atoms with van der Waals surface area (Å²) in [6.45, 7) is 0.770. The topological polar surface area (TPSA) is 54.0 Å². The molecular formula is C15H23N3O. The molecule has 0 unspecified atom stereocenters. The summed E-state index contributed by atoms with van der Waals surface area (Å²) in [6.07, 6.45) is 9.52. The zero-order chi connectivity index (χ0) is 13.5. The van der Waals surface area contributed by atoms with E-state index in [2.05, 4.69) is 15.6 Å². The number of hydrogen-bond acceptors (Lipinski definition) is 3. The Kier molecular flexibility index (Phi) is 5.19. The normalized spacial score (nSPS) is 15.4. The lowest BCUT2D eigenvalue weighted by molar-refractivity contribution is 0.0952. The van der Waals surface area contributed by atoms with Crippen LogP contribution in [0.15, 0.2) is 18.3 Å². The maximum Gasteiger partial charge on any atom is 0.251 e. The SMILES string of the molecule is CNc1cc(C(=O)NCCCC2CCCC2)ccn1. The van der Waals surface area contributed by atoms with Gasteiger partial charge in [-0.05, 0) is 30.9 Å². The van der Waals surface area contributed by atoms with Gasteiger partial charge >= 0.3 is 0 Å². The zero-order valence-corrected chi connectivity index (χ0v) is 11.6. The molecule has 0 aromatic carbocycles. The lowest BCUT2D eigenvalue weighted by Crippen LogP contribution is -2.24. The van der Waals surface area contributed by atoms with Crippen LogP contribution in [0.5, 0.6) is 0 Å². The van der Waals surface area contributed by atoms with Crippen LogP contribution in [0.3, 0.4) is 0 Å². The van der Waals surface area contributed by atoms with Crippen molar-refractivity contribution in [1.82, 2.24) is 10.3 Å². The van der Waals surface area contributed by atoms with Crippen LogP contribution in [0.2, 0.25) is 0 Å². The van der Waals surface area contributed by atoms with E-state index in [1.54, 1.807) is 25.4 Å². The summed E-state index contributed by atoms with van der Waals surface area (Å²) in [6, 6.07) is 3.51. The molecule has 4 heteroatoms. The van der Waals surface area contributed by atoms with Crippen LogP contribution in [0.25, 0.3) is 0 Å². The van der Waals surface area contributed by atoms with Crippen LogP contribution < -0.4 is 10.6 Å². The number of nitrogens with one attached hydrogen (secondary N) is 2. The molecule has 104 valence electrons. The number of carbonyl (C=O) groups excluding carboxylic acids is 1. The van der Waals surface area contributed by atoms with Gasteiger partial charge < -0.3 is 10.6 Å². The van der Waals surface area contributed by atoms with Crippen molar-refractivity contribution in [3.8, 4) is 0 Å². The fourth-order valence-electron chi connectivity index (χ4n) is 2.70. The van der Waals surface area contributed by atoms with Crippen molar-refractivity contribution >= 4 is 11.7 Å². The summed E-state index contributed by atoms with van der Waals surface area (Å²) in [5, 5.41) is 5.92. The minimum atomic E-state index is -0.00896. The maximum absolute atomic E-state index is 11.9. The van der Waals surface area contributed by atoms with E-state index >= 15 is 0 Å². The van der Waals surface area contributed by atoms with Gasteiger partial charge in [-0.25, -0.2) is 4.98 Å². The van der Waals surface area contributed by atoms with Crippen LogP contribution in [0, 0.1) is 5.92 Å². The Morgan fingerprint density at radius 2 is 2.21 bits per heavy atom. The van der Waals surface area contributed by atoms with Crippen LogP contribution in [0.1, 0.15) is 48.9 Å². The Morgan fingerprint density at radius 3 is 2.95 bits per heavy atom. The van der Waals surface area contributed by atoms with Crippen molar-refractivity contribution in [2.45, 2.75) is 38.5 Å². The second kappa shape index (κ2) is 7.12. The Hall–Kier alpha value is -1.58. The number of amides is 1. The predicted octanol–water partition coefficient (Wildman–Crippen LogP) is 2.82. The third-order valence-corrected chi connectivity index (χ3v) is 3.83. The summed E-state index contributed by atoms with van der Waals surface area (Å²) in [5.41, 5.74) is 0.667. The Bertz CT molecular complexity index is 414. The van der Waals surface area contributed by atoms with Gasteiger partial charge in [0.25, 0.3) is 5.91 Å². The number of pyridine rings is 1. The van der Waals surface area contributed by atoms with E-state index in [1.807, 2.05) is 0 Å². The molecule has 0 atom stereocenters. The Labute approximate surface area is 115 Å². The minimum Gasteiger partial charge on any atom is -0.373 e. The third-order valence-electron chi connectivity index (χ3n) is 3.83. The molecule has 0 radical (unpaired) electrons. The van der Waals surface area contributed by atoms with Gasteiger partial charge in [-0.1, -0.05) is 25.7 Å². The first-order chi connectivity index (χ1) is 9.29. The van der Waals surface area contributed by atoms with Crippen LogP contribution in [0.4, 0.5) is 5.82 Å². The molecule has 1 aliphatic carbocycles. The monoisotopic (exact) mass is 261 g/mol. The van der Waals surface area contributed by atoms with Gasteiger partial charge in [-0.2, -0.15) is 0 Å². The van der Waals surface area contributed by atoms with Crippen molar-refractivity contribution in [2.24, 2.45) is 5.92 Å². The smallest absolute Gasteiger partial charge is 0.251 e. The van der Waals surface area contributed by atoms with E-state index in [1.165, 1.54) is 32.1 Å². The average molecular weight is 261 g/mol. The molecule has 0 saturated heterocycles. The molecule has 0 bridgehead atoms. The van der Waals surface area contributed by atoms with Gasteiger partial charge in [-0.3, -0.25) is 4.79 Å². The molecule has 1 aromatic rings. The maximum atomic E-state index is 11.9. The van der Waals surface area contributed by atoms with Gasteiger partial charge in [0.2, 0.25) is 0 Å². The van der Waals surface area contributed by atoms with Gasteiger partial charge in [0.05, 0.1) is 0 Å². The van der Waals surface area contributed by atoms with E-state index in [9.17, 15) is 4.79 Å². The second-order valence-corrected chi connectivity index (χ2v) is 5.23. The van der Waals surface area contributed by atoms with Crippen LogP contribution in [-0.4, -0.2) is 24.5 Å². The van der Waals surface area contributed by atoms with E-state index in [0.29, 0.717) is 5.56 Å². The summed E-state index contributed by atoms with van der Waals surface area (Å²) in [5.74, 6) is 1.61. The lowest BCUT2D eigenvalue weighted by Gasteiger charge is -2.09. The Balaban J connectivity index is 1.71. The van der Waals surface area contributed by atoms with Crippen molar-refractivity contribution in [3.05, 3.63) is 23.9 Å². The van der Waals surface area contributed by atoms with Crippen molar-refractivity contribution in [3.63, 3.8) is 0 Å². The van der Waals surface area contributed by atoms with Crippen LogP contribution in [-0.2, 0) is 0 Å². The van der Waals surface area contributed by atoms with Gasteiger partial charge in [0.15, 0.2) is 0 Å². The van der Waals surface area contributed by atoms with E-state index < -0.39 is 0 Å². The number of nitrogens with zero attached hydrogens (tertiary/aromatic N) is 1. The van der Waals surface area contributed by atoms with E-state index in [-0.39, 0.29) is 5.91 Å². The molecule has 4 nitrogen and oxygen atoms in total. The number of aromatic nitrogens is 1. The van der Waals surface area contributed by atoms with E-state index in [0.717, 1.165) is 24.7 Å². The van der Waals surface area contributed by atoms with E-state index in [4.69, 9.17) is 0 Å². The quantitative estimate of drug-likeness (QED) is 0.774. The standard InChI is InChI=1S/C15H23N3O/c1-16-14-11-13(8-10-17-14)15(19)18-9-4-7-12-5-2-3-6-12/h8,10-12H,2-7,9H2,1H3,(H,16,17)(H,18,19). The molecular weight excluding hydrogens is 238 g/mol. The summed E-state index contributed by atoms with van der Waals surface area (Å²) in [7, 11) is 1.80. The fraction of sp³-hybridized carbons (Fsp3) is 0.600. The molecule has 1 aliphatic rings. The third kappa shape index (κ3) is 4.23. The zero-order valence-electron chi connectivity index (χ0n) is 11.6. The highest BCUT2D eigenvalue weighted by Crippen LogP contribution is 2.28. The molecule has 1 aromatic heterocycles. The number of anilines is 1. The molecule has 0 spiro atoms. The fourth-order valence-corrected chi connectivity index (χ4v) is 2.70. The highest BCUT2D eigenvalue weighted by molar-refractivity contribution is 5.94. The molecule has 2 N–H and O–H groups in total. The molecule has 2 rings (SSSR count).